The highest BCUT2D eigenvalue weighted by Gasteiger charge is 2.18. The first-order valence-corrected chi connectivity index (χ1v) is 12.0. The summed E-state index contributed by atoms with van der Waals surface area (Å²) in [5.41, 5.74) is 2.27. The van der Waals surface area contributed by atoms with Crippen molar-refractivity contribution in [3.63, 3.8) is 0 Å². The molecule has 1 aromatic heterocycles. The Morgan fingerprint density at radius 2 is 1.69 bits per heavy atom. The summed E-state index contributed by atoms with van der Waals surface area (Å²) in [5.74, 6) is 2.96. The van der Waals surface area contributed by atoms with Crippen LogP contribution < -0.4 is 19.7 Å². The fraction of sp³-hybridized carbons (Fsp3) is 0.250. The lowest BCUT2D eigenvalue weighted by Gasteiger charge is -2.33. The Morgan fingerprint density at radius 3 is 2.47 bits per heavy atom. The molecule has 1 aliphatic rings. The van der Waals surface area contributed by atoms with E-state index in [4.69, 9.17) is 9.47 Å². The first-order chi connectivity index (χ1) is 17.6. The fourth-order valence-corrected chi connectivity index (χ4v) is 4.24. The summed E-state index contributed by atoms with van der Waals surface area (Å²) in [5, 5.41) is 3.96. The zero-order valence-corrected chi connectivity index (χ0v) is 20.5. The quantitative estimate of drug-likeness (QED) is 0.424. The van der Waals surface area contributed by atoms with E-state index in [0.717, 1.165) is 54.2 Å². The predicted molar refractivity (Wildman–Crippen MR) is 140 cm³/mol. The second kappa shape index (κ2) is 10.6. The molecule has 0 saturated carbocycles. The van der Waals surface area contributed by atoms with Crippen LogP contribution in [0.5, 0.6) is 17.2 Å². The lowest BCUT2D eigenvalue weighted by Crippen LogP contribution is -2.44. The van der Waals surface area contributed by atoms with Crippen molar-refractivity contribution in [1.82, 2.24) is 20.2 Å². The van der Waals surface area contributed by atoms with E-state index in [0.29, 0.717) is 23.6 Å². The van der Waals surface area contributed by atoms with Gasteiger partial charge in [-0.05, 0) is 67.2 Å². The summed E-state index contributed by atoms with van der Waals surface area (Å²) in [7, 11) is 3.76. The van der Waals surface area contributed by atoms with Crippen LogP contribution in [0.4, 0.5) is 5.82 Å². The molecule has 1 saturated heterocycles. The zero-order valence-electron chi connectivity index (χ0n) is 20.5. The number of amides is 1. The molecule has 2 heterocycles. The van der Waals surface area contributed by atoms with Gasteiger partial charge in [0.15, 0.2) is 0 Å². The maximum absolute atomic E-state index is 12.9. The Morgan fingerprint density at radius 1 is 0.917 bits per heavy atom. The van der Waals surface area contributed by atoms with Crippen LogP contribution in [0, 0.1) is 0 Å². The Kier molecular flexibility index (Phi) is 6.95. The fourth-order valence-electron chi connectivity index (χ4n) is 4.24. The van der Waals surface area contributed by atoms with E-state index in [1.807, 2.05) is 66.7 Å². The van der Waals surface area contributed by atoms with E-state index >= 15 is 0 Å². The van der Waals surface area contributed by atoms with Gasteiger partial charge in [0.25, 0.3) is 5.91 Å². The molecular formula is C28H29N5O3. The van der Waals surface area contributed by atoms with Crippen molar-refractivity contribution in [3.8, 4) is 17.2 Å². The number of ether oxygens (including phenoxy) is 2. The minimum atomic E-state index is -0.155. The van der Waals surface area contributed by atoms with E-state index in [-0.39, 0.29) is 5.91 Å². The van der Waals surface area contributed by atoms with Gasteiger partial charge in [0.1, 0.15) is 29.4 Å². The smallest absolute Gasteiger partial charge is 0.251 e. The highest BCUT2D eigenvalue weighted by molar-refractivity contribution is 5.99. The lowest BCUT2D eigenvalue weighted by atomic mass is 10.1. The minimum absolute atomic E-state index is 0.155. The first kappa shape index (κ1) is 23.6. The first-order valence-electron chi connectivity index (χ1n) is 12.0. The number of nitrogens with one attached hydrogen (secondary N) is 1. The Balaban J connectivity index is 1.24. The molecule has 3 aromatic carbocycles. The zero-order chi connectivity index (χ0) is 24.9. The predicted octanol–water partition coefficient (Wildman–Crippen LogP) is 4.11. The van der Waals surface area contributed by atoms with Crippen LogP contribution in [-0.4, -0.2) is 61.1 Å². The molecule has 8 heteroatoms. The summed E-state index contributed by atoms with van der Waals surface area (Å²) in [6.07, 6.45) is 1.58. The van der Waals surface area contributed by atoms with E-state index in [9.17, 15) is 4.79 Å². The molecule has 0 bridgehead atoms. The van der Waals surface area contributed by atoms with E-state index in [2.05, 4.69) is 32.1 Å². The number of aromatic nitrogens is 2. The number of anilines is 1. The molecular weight excluding hydrogens is 454 g/mol. The second-order valence-electron chi connectivity index (χ2n) is 8.83. The molecule has 1 aliphatic heterocycles. The SMILES string of the molecule is COc1ccc(Oc2cccc(CNC(=O)c3ccc4c(N5CCN(C)CC5)ncnc4c3)c2)cc1. The molecule has 5 rings (SSSR count). The number of likely N-dealkylation sites (N-methyl/N-ethyl adjacent to an activating group) is 1. The van der Waals surface area contributed by atoms with E-state index < -0.39 is 0 Å². The Bertz CT molecular complexity index is 1350. The van der Waals surface area contributed by atoms with Gasteiger partial charge in [-0.25, -0.2) is 9.97 Å². The van der Waals surface area contributed by atoms with Gasteiger partial charge < -0.3 is 24.6 Å². The Hall–Kier alpha value is -4.17. The molecule has 36 heavy (non-hydrogen) atoms. The number of hydrogen-bond acceptors (Lipinski definition) is 7. The van der Waals surface area contributed by atoms with E-state index in [1.165, 1.54) is 0 Å². The van der Waals surface area contributed by atoms with Crippen LogP contribution >= 0.6 is 0 Å². The summed E-state index contributed by atoms with van der Waals surface area (Å²) in [6.45, 7) is 4.22. The van der Waals surface area contributed by atoms with Gasteiger partial charge in [-0.3, -0.25) is 4.79 Å². The number of rotatable bonds is 7. The number of hydrogen-bond donors (Lipinski definition) is 1. The molecule has 1 N–H and O–H groups in total. The van der Waals surface area contributed by atoms with Crippen molar-refractivity contribution in [3.05, 3.63) is 84.2 Å². The third-order valence-corrected chi connectivity index (χ3v) is 6.33. The van der Waals surface area contributed by atoms with Gasteiger partial charge in [0.05, 0.1) is 12.6 Å². The van der Waals surface area contributed by atoms with Crippen LogP contribution in [0.15, 0.2) is 73.1 Å². The summed E-state index contributed by atoms with van der Waals surface area (Å²) < 4.78 is 11.1. The summed E-state index contributed by atoms with van der Waals surface area (Å²) in [4.78, 5) is 26.5. The van der Waals surface area contributed by atoms with Crippen molar-refractivity contribution < 1.29 is 14.3 Å². The van der Waals surface area contributed by atoms with Crippen molar-refractivity contribution in [1.29, 1.82) is 0 Å². The molecule has 4 aromatic rings. The van der Waals surface area contributed by atoms with Crippen LogP contribution in [0.1, 0.15) is 15.9 Å². The van der Waals surface area contributed by atoms with E-state index in [1.54, 1.807) is 13.4 Å². The molecule has 0 spiro atoms. The van der Waals surface area contributed by atoms with Crippen molar-refractivity contribution in [2.45, 2.75) is 6.54 Å². The Labute approximate surface area is 210 Å². The standard InChI is InChI=1S/C28H29N5O3/c1-32-12-14-33(15-13-32)27-25-11-6-21(17-26(25)30-19-31-27)28(34)29-18-20-4-3-5-24(16-20)36-23-9-7-22(35-2)8-10-23/h3-11,16-17,19H,12-15,18H2,1-2H3,(H,29,34). The van der Waals surface area contributed by atoms with Gasteiger partial charge >= 0.3 is 0 Å². The van der Waals surface area contributed by atoms with Gasteiger partial charge in [-0.15, -0.1) is 0 Å². The topological polar surface area (TPSA) is 79.8 Å². The van der Waals surface area contributed by atoms with Gasteiger partial charge in [0.2, 0.25) is 0 Å². The van der Waals surface area contributed by atoms with Crippen LogP contribution in [0.3, 0.4) is 0 Å². The third kappa shape index (κ3) is 5.39. The van der Waals surface area contributed by atoms with Crippen LogP contribution in [0.25, 0.3) is 10.9 Å². The monoisotopic (exact) mass is 483 g/mol. The molecule has 0 atom stereocenters. The summed E-state index contributed by atoms with van der Waals surface area (Å²) in [6, 6.07) is 20.7. The van der Waals surface area contributed by atoms with Crippen LogP contribution in [0.2, 0.25) is 0 Å². The summed E-state index contributed by atoms with van der Waals surface area (Å²) >= 11 is 0. The molecule has 0 radical (unpaired) electrons. The average Bonchev–Trinajstić information content (AvgIpc) is 2.92. The normalized spacial score (nSPS) is 14.0. The maximum Gasteiger partial charge on any atom is 0.251 e. The number of piperazine rings is 1. The number of benzene rings is 3. The molecule has 0 unspecified atom stereocenters. The second-order valence-corrected chi connectivity index (χ2v) is 8.83. The number of methoxy groups -OCH3 is 1. The minimum Gasteiger partial charge on any atom is -0.497 e. The lowest BCUT2D eigenvalue weighted by molar-refractivity contribution is 0.0951. The number of carbonyl (C=O) groups is 1. The third-order valence-electron chi connectivity index (χ3n) is 6.33. The molecule has 1 amide bonds. The van der Waals surface area contributed by atoms with Crippen molar-refractivity contribution in [2.24, 2.45) is 0 Å². The van der Waals surface area contributed by atoms with Gasteiger partial charge in [0, 0.05) is 43.7 Å². The molecule has 1 fully saturated rings. The molecule has 184 valence electrons. The van der Waals surface area contributed by atoms with Crippen molar-refractivity contribution >= 4 is 22.6 Å². The highest BCUT2D eigenvalue weighted by Crippen LogP contribution is 2.26. The molecule has 0 aliphatic carbocycles. The van der Waals surface area contributed by atoms with Gasteiger partial charge in [-0.1, -0.05) is 12.1 Å². The van der Waals surface area contributed by atoms with Crippen LogP contribution in [-0.2, 0) is 6.54 Å². The number of fused-ring (bicyclic) bond motifs is 1. The molecule has 8 nitrogen and oxygen atoms in total. The number of nitrogens with zero attached hydrogens (tertiary/aromatic N) is 4. The largest absolute Gasteiger partial charge is 0.497 e. The maximum atomic E-state index is 12.9. The van der Waals surface area contributed by atoms with Crippen molar-refractivity contribution in [2.75, 3.05) is 45.2 Å². The van der Waals surface area contributed by atoms with Gasteiger partial charge in [-0.2, -0.15) is 0 Å². The highest BCUT2D eigenvalue weighted by atomic mass is 16.5. The average molecular weight is 484 g/mol. The number of carbonyl (C=O) groups excluding carboxylic acids is 1.